The molecule has 9 heteroatoms. The van der Waals surface area contributed by atoms with Gasteiger partial charge in [-0.3, -0.25) is 19.1 Å². The smallest absolute Gasteiger partial charge is 0.270 e. The molecule has 1 aromatic carbocycles. The lowest BCUT2D eigenvalue weighted by Gasteiger charge is -2.36. The monoisotopic (exact) mass is 493 g/mol. The Balaban J connectivity index is 1.80. The summed E-state index contributed by atoms with van der Waals surface area (Å²) in [6.07, 6.45) is 1.81. The van der Waals surface area contributed by atoms with E-state index in [1.165, 1.54) is 16.3 Å². The third-order valence-electron chi connectivity index (χ3n) is 6.54. The first-order valence-corrected chi connectivity index (χ1v) is 12.4. The second kappa shape index (κ2) is 9.74. The molecule has 2 saturated heterocycles. The minimum Gasteiger partial charge on any atom is -0.355 e. The molecule has 4 rings (SSSR count). The van der Waals surface area contributed by atoms with Crippen molar-refractivity contribution in [3.8, 4) is 6.07 Å². The van der Waals surface area contributed by atoms with Crippen LogP contribution in [0.2, 0.25) is 0 Å². The van der Waals surface area contributed by atoms with Crippen LogP contribution >= 0.6 is 24.0 Å². The number of amides is 1. The van der Waals surface area contributed by atoms with E-state index in [1.54, 1.807) is 24.9 Å². The van der Waals surface area contributed by atoms with Gasteiger partial charge >= 0.3 is 0 Å². The number of carbonyl (C=O) groups excluding carboxylic acids is 1. The van der Waals surface area contributed by atoms with Crippen LogP contribution < -0.4 is 10.5 Å². The number of piperazine rings is 1. The third-order valence-corrected chi connectivity index (χ3v) is 7.87. The fourth-order valence-electron chi connectivity index (χ4n) is 4.44. The number of aromatic nitrogens is 1. The number of thiocarbonyl (C=S) groups is 1. The minimum atomic E-state index is -0.323. The summed E-state index contributed by atoms with van der Waals surface area (Å²) in [5.41, 5.74) is 2.08. The summed E-state index contributed by atoms with van der Waals surface area (Å²) < 4.78 is 2.03. The van der Waals surface area contributed by atoms with E-state index in [4.69, 9.17) is 12.2 Å². The normalized spacial score (nSPS) is 19.1. The van der Waals surface area contributed by atoms with Gasteiger partial charge in [-0.25, -0.2) is 0 Å². The van der Waals surface area contributed by atoms with Crippen molar-refractivity contribution in [2.75, 3.05) is 38.1 Å². The number of rotatable bonds is 4. The number of hydrogen-bond donors (Lipinski definition) is 0. The number of benzene rings is 1. The van der Waals surface area contributed by atoms with E-state index in [0.717, 1.165) is 43.1 Å². The molecule has 0 spiro atoms. The van der Waals surface area contributed by atoms with Crippen molar-refractivity contribution in [3.63, 3.8) is 0 Å². The molecule has 1 amide bonds. The largest absolute Gasteiger partial charge is 0.355 e. The maximum absolute atomic E-state index is 13.5. The second-order valence-corrected chi connectivity index (χ2v) is 10.3. The summed E-state index contributed by atoms with van der Waals surface area (Å²) in [7, 11) is 3.76. The van der Waals surface area contributed by atoms with Crippen LogP contribution in [-0.4, -0.2) is 57.8 Å². The molecule has 2 aromatic rings. The molecule has 1 atom stereocenters. The Morgan fingerprint density at radius 3 is 2.38 bits per heavy atom. The zero-order valence-electron chi connectivity index (χ0n) is 19.7. The van der Waals surface area contributed by atoms with Crippen LogP contribution in [0.15, 0.2) is 40.0 Å². The van der Waals surface area contributed by atoms with Gasteiger partial charge in [0.25, 0.3) is 11.5 Å². The molecule has 0 N–H and O–H groups in total. The van der Waals surface area contributed by atoms with Crippen LogP contribution in [0.3, 0.4) is 0 Å². The zero-order valence-corrected chi connectivity index (χ0v) is 21.4. The van der Waals surface area contributed by atoms with Crippen molar-refractivity contribution in [2.45, 2.75) is 19.9 Å². The molecule has 1 aromatic heterocycles. The Labute approximate surface area is 209 Å². The molecular weight excluding hydrogens is 466 g/mol. The molecule has 3 heterocycles. The number of thioether (sulfide) groups is 1. The van der Waals surface area contributed by atoms with Gasteiger partial charge in [0.15, 0.2) is 0 Å². The maximum atomic E-state index is 13.5. The Bertz CT molecular complexity index is 1270. The average Bonchev–Trinajstić information content (AvgIpc) is 3.11. The number of likely N-dealkylation sites (N-methyl/N-ethyl adjacent to an activating group) is 1. The van der Waals surface area contributed by atoms with Crippen molar-refractivity contribution >= 4 is 46.1 Å². The lowest BCUT2D eigenvalue weighted by molar-refractivity contribution is -0.123. The van der Waals surface area contributed by atoms with E-state index < -0.39 is 0 Å². The van der Waals surface area contributed by atoms with Crippen molar-refractivity contribution in [3.05, 3.63) is 67.8 Å². The van der Waals surface area contributed by atoms with Gasteiger partial charge in [0, 0.05) is 38.8 Å². The molecule has 2 fully saturated rings. The average molecular weight is 494 g/mol. The Hall–Kier alpha value is -2.93. The van der Waals surface area contributed by atoms with Gasteiger partial charge in [0.1, 0.15) is 21.8 Å². The van der Waals surface area contributed by atoms with Gasteiger partial charge in [-0.15, -0.1) is 0 Å². The summed E-state index contributed by atoms with van der Waals surface area (Å²) in [5, 5.41) is 9.67. The van der Waals surface area contributed by atoms with Crippen molar-refractivity contribution in [2.24, 2.45) is 7.05 Å². The topological polar surface area (TPSA) is 72.6 Å². The molecule has 0 bridgehead atoms. The van der Waals surface area contributed by atoms with Crippen LogP contribution in [0.1, 0.15) is 35.2 Å². The lowest BCUT2D eigenvalue weighted by atomic mass is 10.0. The summed E-state index contributed by atoms with van der Waals surface area (Å²) in [4.78, 5) is 32.9. The number of nitrogens with zero attached hydrogens (tertiary/aromatic N) is 5. The second-order valence-electron chi connectivity index (χ2n) is 8.64. The van der Waals surface area contributed by atoms with E-state index in [1.807, 2.05) is 37.3 Å². The first-order valence-electron chi connectivity index (χ1n) is 11.1. The highest BCUT2D eigenvalue weighted by atomic mass is 32.2. The number of anilines is 1. The summed E-state index contributed by atoms with van der Waals surface area (Å²) >= 11 is 6.85. The first kappa shape index (κ1) is 24.2. The molecule has 2 aliphatic rings. The maximum Gasteiger partial charge on any atom is 0.270 e. The summed E-state index contributed by atoms with van der Waals surface area (Å²) in [5.74, 6) is 0.568. The van der Waals surface area contributed by atoms with Gasteiger partial charge in [0.05, 0.1) is 10.9 Å². The fourth-order valence-corrected chi connectivity index (χ4v) is 5.84. The van der Waals surface area contributed by atoms with Crippen LogP contribution in [0.5, 0.6) is 0 Å². The molecule has 7 nitrogen and oxygen atoms in total. The molecule has 34 heavy (non-hydrogen) atoms. The Kier molecular flexibility index (Phi) is 6.94. The van der Waals surface area contributed by atoms with Crippen LogP contribution in [0.25, 0.3) is 6.08 Å². The van der Waals surface area contributed by atoms with Crippen molar-refractivity contribution in [1.29, 1.82) is 5.26 Å². The molecule has 0 aliphatic carbocycles. The van der Waals surface area contributed by atoms with Crippen molar-refractivity contribution in [1.82, 2.24) is 14.4 Å². The van der Waals surface area contributed by atoms with Crippen LogP contribution in [0, 0.1) is 18.3 Å². The first-order chi connectivity index (χ1) is 16.2. The van der Waals surface area contributed by atoms with Crippen molar-refractivity contribution < 1.29 is 4.79 Å². The van der Waals surface area contributed by atoms with E-state index in [-0.39, 0.29) is 23.1 Å². The predicted octanol–water partition coefficient (Wildman–Crippen LogP) is 3.28. The minimum absolute atomic E-state index is 0.0970. The fraction of sp³-hybridized carbons (Fsp3) is 0.360. The molecular formula is C25H27N5O2S2. The highest BCUT2D eigenvalue weighted by Crippen LogP contribution is 2.39. The number of pyridine rings is 1. The van der Waals surface area contributed by atoms with Gasteiger partial charge < -0.3 is 9.80 Å². The standard InChI is InChI=1S/C25H27N5O2S2/c1-16-19(22(28(4)23(31)20(16)15-26)29-12-10-27(3)11-13-29)14-21-24(32)30(25(33)34-21)17(2)18-8-6-5-7-9-18/h5-9,14,17H,10-13H2,1-4H3/b21-14-/t17-/m0/s1. The SMILES string of the molecule is Cc1c(/C=C2\SC(=S)N([C@@H](C)c3ccccc3)C2=O)c(N2CCN(C)CC2)n(C)c(=O)c1C#N. The Morgan fingerprint density at radius 1 is 1.12 bits per heavy atom. The van der Waals surface area contributed by atoms with Gasteiger partial charge in [-0.05, 0) is 38.1 Å². The predicted molar refractivity (Wildman–Crippen MR) is 141 cm³/mol. The molecule has 0 unspecified atom stereocenters. The van der Waals surface area contributed by atoms with Crippen LogP contribution in [0.4, 0.5) is 5.82 Å². The van der Waals surface area contributed by atoms with E-state index in [2.05, 4.69) is 22.9 Å². The number of carbonyl (C=O) groups is 1. The molecule has 2 aliphatic heterocycles. The highest BCUT2D eigenvalue weighted by molar-refractivity contribution is 8.26. The zero-order chi connectivity index (χ0) is 24.6. The van der Waals surface area contributed by atoms with Gasteiger partial charge in [-0.1, -0.05) is 54.3 Å². The quantitative estimate of drug-likeness (QED) is 0.478. The summed E-state index contributed by atoms with van der Waals surface area (Å²) in [6.45, 7) is 6.97. The lowest BCUT2D eigenvalue weighted by Crippen LogP contribution is -2.46. The van der Waals surface area contributed by atoms with Gasteiger partial charge in [0.2, 0.25) is 0 Å². The molecule has 0 radical (unpaired) electrons. The van der Waals surface area contributed by atoms with Crippen LogP contribution in [-0.2, 0) is 11.8 Å². The van der Waals surface area contributed by atoms with E-state index >= 15 is 0 Å². The highest BCUT2D eigenvalue weighted by Gasteiger charge is 2.36. The number of hydrogen-bond acceptors (Lipinski definition) is 7. The van der Waals surface area contributed by atoms with Gasteiger partial charge in [-0.2, -0.15) is 5.26 Å². The number of nitriles is 1. The molecule has 0 saturated carbocycles. The van der Waals surface area contributed by atoms with E-state index in [0.29, 0.717) is 14.8 Å². The third kappa shape index (κ3) is 4.29. The van der Waals surface area contributed by atoms with E-state index in [9.17, 15) is 14.9 Å². The summed E-state index contributed by atoms with van der Waals surface area (Å²) in [6, 6.07) is 11.6. The Morgan fingerprint density at radius 2 is 1.76 bits per heavy atom. The molecule has 176 valence electrons.